The van der Waals surface area contributed by atoms with Crippen molar-refractivity contribution in [3.63, 3.8) is 0 Å². The van der Waals surface area contributed by atoms with Gasteiger partial charge in [-0.05, 0) is 48.5 Å². The van der Waals surface area contributed by atoms with Gasteiger partial charge in [0.05, 0.1) is 0 Å². The quantitative estimate of drug-likeness (QED) is 0.494. The Morgan fingerprint density at radius 1 is 1.16 bits per heavy atom. The van der Waals surface area contributed by atoms with E-state index in [1.807, 2.05) is 6.08 Å². The van der Waals surface area contributed by atoms with Gasteiger partial charge in [0.2, 0.25) is 6.79 Å². The Balaban J connectivity index is 1.72. The van der Waals surface area contributed by atoms with Crippen molar-refractivity contribution in [1.82, 2.24) is 0 Å². The molecule has 2 saturated carbocycles. The van der Waals surface area contributed by atoms with Crippen LogP contribution in [0.15, 0.2) is 47.5 Å². The predicted molar refractivity (Wildman–Crippen MR) is 97.4 cm³/mol. The van der Waals surface area contributed by atoms with Crippen molar-refractivity contribution in [1.29, 1.82) is 0 Å². The van der Waals surface area contributed by atoms with E-state index in [9.17, 15) is 4.79 Å². The van der Waals surface area contributed by atoms with Crippen LogP contribution in [0.2, 0.25) is 0 Å². The monoisotopic (exact) mass is 340 g/mol. The third-order valence-electron chi connectivity index (χ3n) is 7.03. The molecule has 0 spiro atoms. The molecule has 0 aromatic rings. The van der Waals surface area contributed by atoms with Gasteiger partial charge in [-0.1, -0.05) is 45.4 Å². The molecule has 3 fully saturated rings. The van der Waals surface area contributed by atoms with Crippen LogP contribution < -0.4 is 0 Å². The van der Waals surface area contributed by atoms with E-state index < -0.39 is 0 Å². The summed E-state index contributed by atoms with van der Waals surface area (Å²) >= 11 is 0. The zero-order valence-electron chi connectivity index (χ0n) is 15.6. The highest BCUT2D eigenvalue weighted by molar-refractivity contribution is 6.08. The van der Waals surface area contributed by atoms with Crippen LogP contribution in [0, 0.1) is 22.7 Å². The third-order valence-corrected chi connectivity index (χ3v) is 7.03. The standard InChI is InChI=1S/C22H28O3/c1-14-6-7-20-21(2,3)8-5-9-22(20,4)16(14)10-15-11-18-19(12-17(15)23)25-13-24-18/h10-12,16,20H,1,5-9,13H2,2-4H3/b15-10+/t16-,20-,22+/m0/s1. The summed E-state index contributed by atoms with van der Waals surface area (Å²) in [6.07, 6.45) is 11.6. The molecule has 3 heteroatoms. The Morgan fingerprint density at radius 3 is 2.64 bits per heavy atom. The first kappa shape index (κ1) is 16.7. The summed E-state index contributed by atoms with van der Waals surface area (Å²) < 4.78 is 10.8. The molecule has 0 bridgehead atoms. The van der Waals surface area contributed by atoms with Crippen LogP contribution in [-0.2, 0) is 14.3 Å². The lowest BCUT2D eigenvalue weighted by Crippen LogP contribution is -2.49. The first-order valence-corrected chi connectivity index (χ1v) is 9.44. The summed E-state index contributed by atoms with van der Waals surface area (Å²) in [5.74, 6) is 2.17. The Kier molecular flexibility index (Phi) is 3.75. The molecule has 4 rings (SSSR count). The number of allylic oxidation sites excluding steroid dienone is 5. The van der Waals surface area contributed by atoms with Crippen molar-refractivity contribution in [2.24, 2.45) is 22.7 Å². The number of fused-ring (bicyclic) bond motifs is 2. The summed E-state index contributed by atoms with van der Waals surface area (Å²) in [7, 11) is 0. The maximum Gasteiger partial charge on any atom is 0.231 e. The molecule has 25 heavy (non-hydrogen) atoms. The fourth-order valence-electron chi connectivity index (χ4n) is 5.77. The fourth-order valence-corrected chi connectivity index (χ4v) is 5.77. The topological polar surface area (TPSA) is 35.5 Å². The molecule has 1 aliphatic heterocycles. The van der Waals surface area contributed by atoms with E-state index >= 15 is 0 Å². The van der Waals surface area contributed by atoms with Crippen LogP contribution in [0.5, 0.6) is 0 Å². The lowest BCUT2D eigenvalue weighted by atomic mass is 9.47. The average molecular weight is 340 g/mol. The second kappa shape index (κ2) is 5.62. The van der Waals surface area contributed by atoms with Crippen LogP contribution in [0.1, 0.15) is 52.9 Å². The van der Waals surface area contributed by atoms with Crippen molar-refractivity contribution in [3.05, 3.63) is 47.5 Å². The Labute approximate surface area is 150 Å². The molecule has 4 aliphatic rings. The van der Waals surface area contributed by atoms with E-state index in [2.05, 4.69) is 33.4 Å². The minimum absolute atomic E-state index is 0.0119. The molecule has 3 atom stereocenters. The summed E-state index contributed by atoms with van der Waals surface area (Å²) in [5.41, 5.74) is 2.53. The van der Waals surface area contributed by atoms with Gasteiger partial charge in [-0.25, -0.2) is 0 Å². The van der Waals surface area contributed by atoms with E-state index in [0.717, 1.165) is 12.0 Å². The zero-order chi connectivity index (χ0) is 17.8. The highest BCUT2D eigenvalue weighted by atomic mass is 16.7. The van der Waals surface area contributed by atoms with Gasteiger partial charge < -0.3 is 9.47 Å². The van der Waals surface area contributed by atoms with Gasteiger partial charge in [0.1, 0.15) is 0 Å². The van der Waals surface area contributed by atoms with E-state index in [1.165, 1.54) is 31.3 Å². The molecule has 0 aromatic heterocycles. The van der Waals surface area contributed by atoms with Gasteiger partial charge in [0.25, 0.3) is 0 Å². The fraction of sp³-hybridized carbons (Fsp3) is 0.591. The van der Waals surface area contributed by atoms with Crippen LogP contribution in [0.4, 0.5) is 0 Å². The van der Waals surface area contributed by atoms with Gasteiger partial charge in [0.15, 0.2) is 17.3 Å². The van der Waals surface area contributed by atoms with Gasteiger partial charge in [-0.2, -0.15) is 0 Å². The van der Waals surface area contributed by atoms with Crippen molar-refractivity contribution >= 4 is 5.78 Å². The molecule has 0 N–H and O–H groups in total. The van der Waals surface area contributed by atoms with Crippen LogP contribution >= 0.6 is 0 Å². The van der Waals surface area contributed by atoms with E-state index in [0.29, 0.717) is 22.9 Å². The molecule has 3 aliphatic carbocycles. The van der Waals surface area contributed by atoms with Gasteiger partial charge in [-0.3, -0.25) is 4.79 Å². The smallest absolute Gasteiger partial charge is 0.231 e. The Bertz CT molecular complexity index is 722. The van der Waals surface area contributed by atoms with Gasteiger partial charge in [0, 0.05) is 17.6 Å². The van der Waals surface area contributed by atoms with Crippen LogP contribution in [0.25, 0.3) is 0 Å². The first-order chi connectivity index (χ1) is 11.8. The first-order valence-electron chi connectivity index (χ1n) is 9.44. The number of ether oxygens (including phenoxy) is 2. The molecular weight excluding hydrogens is 312 g/mol. The number of carbonyl (C=O) groups excluding carboxylic acids is 1. The minimum atomic E-state index is 0.0119. The molecule has 0 aromatic carbocycles. The maximum absolute atomic E-state index is 12.6. The molecule has 0 amide bonds. The lowest BCUT2D eigenvalue weighted by molar-refractivity contribution is -0.111. The number of rotatable bonds is 1. The van der Waals surface area contributed by atoms with Gasteiger partial charge >= 0.3 is 0 Å². The minimum Gasteiger partial charge on any atom is -0.454 e. The van der Waals surface area contributed by atoms with Gasteiger partial charge in [-0.15, -0.1) is 0 Å². The molecule has 3 nitrogen and oxygen atoms in total. The number of carbonyl (C=O) groups is 1. The van der Waals surface area contributed by atoms with E-state index in [4.69, 9.17) is 9.47 Å². The zero-order valence-corrected chi connectivity index (χ0v) is 15.6. The summed E-state index contributed by atoms with van der Waals surface area (Å²) in [5, 5.41) is 0. The molecule has 0 radical (unpaired) electrons. The Morgan fingerprint density at radius 2 is 1.88 bits per heavy atom. The second-order valence-corrected chi connectivity index (χ2v) is 8.99. The molecule has 1 saturated heterocycles. The molecule has 0 unspecified atom stereocenters. The van der Waals surface area contributed by atoms with Crippen molar-refractivity contribution in [3.8, 4) is 0 Å². The lowest BCUT2D eigenvalue weighted by Gasteiger charge is -2.57. The molecule has 134 valence electrons. The van der Waals surface area contributed by atoms with Crippen LogP contribution in [0.3, 0.4) is 0 Å². The number of hydrogen-bond donors (Lipinski definition) is 0. The van der Waals surface area contributed by atoms with Crippen molar-refractivity contribution in [2.45, 2.75) is 52.9 Å². The Hall–Kier alpha value is -1.77. The van der Waals surface area contributed by atoms with Crippen molar-refractivity contribution in [2.75, 3.05) is 6.79 Å². The molecule has 1 heterocycles. The summed E-state index contributed by atoms with van der Waals surface area (Å²) in [6, 6.07) is 0. The second-order valence-electron chi connectivity index (χ2n) is 8.99. The predicted octanol–water partition coefficient (Wildman–Crippen LogP) is 5.07. The van der Waals surface area contributed by atoms with E-state index in [1.54, 1.807) is 6.08 Å². The third kappa shape index (κ3) is 2.59. The largest absolute Gasteiger partial charge is 0.454 e. The normalized spacial score (nSPS) is 38.3. The average Bonchev–Trinajstić information content (AvgIpc) is 2.97. The maximum atomic E-state index is 12.6. The number of ketones is 1. The van der Waals surface area contributed by atoms with E-state index in [-0.39, 0.29) is 23.9 Å². The SMILES string of the molecule is C=C1CC[C@H]2C(C)(C)CCC[C@]2(C)[C@H]1/C=C1\C=C2OCOC2=CC1=O. The number of hydrogen-bond acceptors (Lipinski definition) is 3. The van der Waals surface area contributed by atoms with Crippen molar-refractivity contribution < 1.29 is 14.3 Å². The summed E-state index contributed by atoms with van der Waals surface area (Å²) in [6.45, 7) is 11.8. The molecular formula is C22H28O3. The highest BCUT2D eigenvalue weighted by Gasteiger charge is 2.52. The highest BCUT2D eigenvalue weighted by Crippen LogP contribution is 2.61. The summed E-state index contributed by atoms with van der Waals surface area (Å²) in [4.78, 5) is 12.6. The van der Waals surface area contributed by atoms with Crippen LogP contribution in [-0.4, -0.2) is 12.6 Å².